The van der Waals surface area contributed by atoms with Crippen LogP contribution in [0.4, 0.5) is 4.39 Å². The van der Waals surface area contributed by atoms with Gasteiger partial charge in [-0.25, -0.2) is 9.07 Å². The Labute approximate surface area is 174 Å². The number of hydrogen-bond donors (Lipinski definition) is 1. The van der Waals surface area contributed by atoms with Crippen LogP contribution in [0.1, 0.15) is 35.3 Å². The predicted octanol–water partition coefficient (Wildman–Crippen LogP) is 4.60. The van der Waals surface area contributed by atoms with Gasteiger partial charge in [-0.3, -0.25) is 14.8 Å². The van der Waals surface area contributed by atoms with Crippen LogP contribution >= 0.6 is 15.9 Å². The quantitative estimate of drug-likeness (QED) is 0.479. The van der Waals surface area contributed by atoms with Gasteiger partial charge in [0.15, 0.2) is 0 Å². The molecule has 1 aromatic carbocycles. The van der Waals surface area contributed by atoms with Crippen molar-refractivity contribution in [3.8, 4) is 5.69 Å². The van der Waals surface area contributed by atoms with Crippen molar-refractivity contribution in [2.24, 2.45) is 0 Å². The molecule has 0 aliphatic rings. The van der Waals surface area contributed by atoms with Crippen LogP contribution in [0.5, 0.6) is 0 Å². The summed E-state index contributed by atoms with van der Waals surface area (Å²) in [7, 11) is 0. The molecule has 0 saturated heterocycles. The van der Waals surface area contributed by atoms with Gasteiger partial charge in [-0.2, -0.15) is 5.10 Å². The van der Waals surface area contributed by atoms with E-state index in [4.69, 9.17) is 0 Å². The zero-order chi connectivity index (χ0) is 20.4. The maximum Gasteiger partial charge on any atom is 0.254 e. The standard InChI is InChI=1S/C21H17BrFN5O/c1-2-19(13-7-14(22)9-24-8-13)27-21(29)18-10-25-12-20-17(18)11-26-28(20)16-5-3-15(23)4-6-16/h3-12,19H,2H2,1H3,(H,27,29). The molecule has 0 aliphatic carbocycles. The number of carbonyl (C=O) groups excluding carboxylic acids is 1. The Kier molecular flexibility index (Phi) is 5.35. The summed E-state index contributed by atoms with van der Waals surface area (Å²) in [5.74, 6) is -0.565. The smallest absolute Gasteiger partial charge is 0.254 e. The third-order valence-electron chi connectivity index (χ3n) is 4.65. The second-order valence-electron chi connectivity index (χ2n) is 6.52. The number of amides is 1. The van der Waals surface area contributed by atoms with Gasteiger partial charge < -0.3 is 5.32 Å². The number of nitrogens with zero attached hydrogens (tertiary/aromatic N) is 4. The predicted molar refractivity (Wildman–Crippen MR) is 111 cm³/mol. The molecule has 4 rings (SSSR count). The number of carbonyl (C=O) groups is 1. The minimum absolute atomic E-state index is 0.185. The summed E-state index contributed by atoms with van der Waals surface area (Å²) in [5.41, 5.74) is 2.70. The van der Waals surface area contributed by atoms with E-state index < -0.39 is 0 Å². The zero-order valence-corrected chi connectivity index (χ0v) is 17.1. The van der Waals surface area contributed by atoms with Crippen LogP contribution in [0.25, 0.3) is 16.6 Å². The summed E-state index contributed by atoms with van der Waals surface area (Å²) in [4.78, 5) is 21.4. The Morgan fingerprint density at radius 1 is 1.14 bits per heavy atom. The van der Waals surface area contributed by atoms with E-state index in [1.165, 1.54) is 18.3 Å². The third-order valence-corrected chi connectivity index (χ3v) is 5.09. The van der Waals surface area contributed by atoms with Crippen LogP contribution in [0, 0.1) is 5.82 Å². The van der Waals surface area contributed by atoms with Gasteiger partial charge in [0.05, 0.1) is 35.2 Å². The van der Waals surface area contributed by atoms with Gasteiger partial charge in [-0.15, -0.1) is 0 Å². The maximum absolute atomic E-state index is 13.2. The molecular formula is C21H17BrFN5O. The van der Waals surface area contributed by atoms with Gasteiger partial charge in [0.2, 0.25) is 0 Å². The summed E-state index contributed by atoms with van der Waals surface area (Å²) in [6.45, 7) is 2.00. The molecule has 0 radical (unpaired) electrons. The van der Waals surface area contributed by atoms with E-state index in [-0.39, 0.29) is 17.8 Å². The van der Waals surface area contributed by atoms with E-state index in [9.17, 15) is 9.18 Å². The second kappa shape index (κ2) is 8.08. The lowest BCUT2D eigenvalue weighted by molar-refractivity contribution is 0.0937. The van der Waals surface area contributed by atoms with Crippen LogP contribution in [0.2, 0.25) is 0 Å². The molecule has 0 saturated carbocycles. The van der Waals surface area contributed by atoms with E-state index in [1.807, 2.05) is 13.0 Å². The van der Waals surface area contributed by atoms with Crippen molar-refractivity contribution in [1.29, 1.82) is 0 Å². The van der Waals surface area contributed by atoms with Crippen LogP contribution in [-0.2, 0) is 0 Å². The molecule has 0 aliphatic heterocycles. The van der Waals surface area contributed by atoms with Crippen LogP contribution < -0.4 is 5.32 Å². The number of rotatable bonds is 5. The van der Waals surface area contributed by atoms with E-state index >= 15 is 0 Å². The number of nitrogens with one attached hydrogen (secondary N) is 1. The highest BCUT2D eigenvalue weighted by atomic mass is 79.9. The first-order chi connectivity index (χ1) is 14.1. The highest BCUT2D eigenvalue weighted by Crippen LogP contribution is 2.23. The molecule has 0 spiro atoms. The number of pyridine rings is 2. The van der Waals surface area contributed by atoms with E-state index in [0.717, 1.165) is 10.0 Å². The Bertz CT molecular complexity index is 1180. The fraction of sp³-hybridized carbons (Fsp3) is 0.143. The van der Waals surface area contributed by atoms with E-state index in [0.29, 0.717) is 28.6 Å². The Morgan fingerprint density at radius 3 is 2.62 bits per heavy atom. The lowest BCUT2D eigenvalue weighted by Crippen LogP contribution is -2.28. The first-order valence-electron chi connectivity index (χ1n) is 9.06. The van der Waals surface area contributed by atoms with Crippen molar-refractivity contribution in [3.63, 3.8) is 0 Å². The maximum atomic E-state index is 13.2. The Balaban J connectivity index is 1.67. The molecule has 146 valence electrons. The van der Waals surface area contributed by atoms with Gasteiger partial charge in [0.25, 0.3) is 5.91 Å². The Morgan fingerprint density at radius 2 is 1.90 bits per heavy atom. The molecule has 29 heavy (non-hydrogen) atoms. The molecule has 0 bridgehead atoms. The molecule has 8 heteroatoms. The van der Waals surface area contributed by atoms with Gasteiger partial charge in [0.1, 0.15) is 5.82 Å². The number of hydrogen-bond acceptors (Lipinski definition) is 4. The number of aromatic nitrogens is 4. The largest absolute Gasteiger partial charge is 0.345 e. The van der Waals surface area contributed by atoms with Crippen LogP contribution in [0.3, 0.4) is 0 Å². The third kappa shape index (κ3) is 3.88. The van der Waals surface area contributed by atoms with Crippen molar-refractivity contribution in [2.45, 2.75) is 19.4 Å². The second-order valence-corrected chi connectivity index (χ2v) is 7.44. The number of benzene rings is 1. The molecule has 4 aromatic rings. The lowest BCUT2D eigenvalue weighted by atomic mass is 10.1. The van der Waals surface area contributed by atoms with E-state index in [1.54, 1.807) is 41.6 Å². The minimum Gasteiger partial charge on any atom is -0.345 e. The van der Waals surface area contributed by atoms with Gasteiger partial charge >= 0.3 is 0 Å². The molecular weight excluding hydrogens is 437 g/mol. The molecule has 3 aromatic heterocycles. The topological polar surface area (TPSA) is 72.7 Å². The van der Waals surface area contributed by atoms with Crippen molar-refractivity contribution in [2.75, 3.05) is 0 Å². The average Bonchev–Trinajstić information content (AvgIpc) is 3.16. The minimum atomic E-state index is -0.323. The molecule has 1 atom stereocenters. The van der Waals surface area contributed by atoms with Crippen molar-refractivity contribution >= 4 is 32.7 Å². The van der Waals surface area contributed by atoms with Gasteiger partial charge in [-0.1, -0.05) is 6.92 Å². The fourth-order valence-corrected chi connectivity index (χ4v) is 3.57. The first-order valence-corrected chi connectivity index (χ1v) is 9.85. The van der Waals surface area contributed by atoms with E-state index in [2.05, 4.69) is 36.3 Å². The fourth-order valence-electron chi connectivity index (χ4n) is 3.19. The summed E-state index contributed by atoms with van der Waals surface area (Å²) in [6.07, 6.45) is 8.94. The van der Waals surface area contributed by atoms with Crippen LogP contribution in [0.15, 0.2) is 65.8 Å². The number of fused-ring (bicyclic) bond motifs is 1. The summed E-state index contributed by atoms with van der Waals surface area (Å²) in [6, 6.07) is 7.74. The molecule has 0 fully saturated rings. The molecule has 1 amide bonds. The first kappa shape index (κ1) is 19.2. The molecule has 1 N–H and O–H groups in total. The van der Waals surface area contributed by atoms with Crippen molar-refractivity contribution in [3.05, 3.63) is 82.7 Å². The SMILES string of the molecule is CCC(NC(=O)c1cncc2c1cnn2-c1ccc(F)cc1)c1cncc(Br)c1. The van der Waals surface area contributed by atoms with Crippen molar-refractivity contribution < 1.29 is 9.18 Å². The highest BCUT2D eigenvalue weighted by Gasteiger charge is 2.19. The summed E-state index contributed by atoms with van der Waals surface area (Å²) >= 11 is 3.41. The zero-order valence-electron chi connectivity index (χ0n) is 15.5. The van der Waals surface area contributed by atoms with Gasteiger partial charge in [0, 0.05) is 28.4 Å². The Hall–Kier alpha value is -3.13. The average molecular weight is 454 g/mol. The monoisotopic (exact) mass is 453 g/mol. The molecule has 1 unspecified atom stereocenters. The number of halogens is 2. The summed E-state index contributed by atoms with van der Waals surface area (Å²) in [5, 5.41) is 8.08. The normalized spacial score (nSPS) is 12.1. The summed E-state index contributed by atoms with van der Waals surface area (Å²) < 4.78 is 15.7. The lowest BCUT2D eigenvalue weighted by Gasteiger charge is -2.17. The van der Waals surface area contributed by atoms with Crippen molar-refractivity contribution in [1.82, 2.24) is 25.1 Å². The van der Waals surface area contributed by atoms with Crippen LogP contribution in [-0.4, -0.2) is 25.7 Å². The van der Waals surface area contributed by atoms with Gasteiger partial charge in [-0.05, 0) is 58.2 Å². The highest BCUT2D eigenvalue weighted by molar-refractivity contribution is 9.10. The molecule has 6 nitrogen and oxygen atoms in total. The molecule has 3 heterocycles.